The number of hydrogen-bond donors (Lipinski definition) is 0. The zero-order valence-electron chi connectivity index (χ0n) is 12.5. The first-order chi connectivity index (χ1) is 10.7. The number of hydrogen-bond acceptors (Lipinski definition) is 8. The zero-order chi connectivity index (χ0) is 17.2. The molecule has 0 spiro atoms. The number of carbonyl (C=O) groups is 4. The molecule has 0 aromatic heterocycles. The predicted octanol–water partition coefficient (Wildman–Crippen LogP) is 1.75. The van der Waals surface area contributed by atoms with Gasteiger partial charge in [0, 0.05) is 0 Å². The average Bonchev–Trinajstić information content (AvgIpc) is 2.75. The van der Waals surface area contributed by atoms with Gasteiger partial charge in [0.1, 0.15) is 0 Å². The van der Waals surface area contributed by atoms with Crippen LogP contribution < -0.4 is 0 Å². The third kappa shape index (κ3) is 3.60. The maximum absolute atomic E-state index is 12.0. The summed E-state index contributed by atoms with van der Waals surface area (Å²) in [5.41, 5.74) is 0.258. The first-order valence-corrected chi connectivity index (χ1v) is 9.39. The summed E-state index contributed by atoms with van der Waals surface area (Å²) in [4.78, 5) is 46.3. The topological polar surface area (TPSA) is 105 Å². The Kier molecular flexibility index (Phi) is 4.88. The number of rotatable bonds is 4. The fourth-order valence-corrected chi connectivity index (χ4v) is 6.63. The standard InChI is InChI=1S/C14H13IO8/c1-8(16)20-14(21-9(2)17,22-10(3)18)15-12-7-5-4-6-11(12)13(19)23-15/h4-7H,1-3H3. The first kappa shape index (κ1) is 17.2. The monoisotopic (exact) mass is 436 g/mol. The van der Waals surface area contributed by atoms with E-state index in [1.165, 1.54) is 6.07 Å². The van der Waals surface area contributed by atoms with E-state index in [1.807, 2.05) is 0 Å². The molecular weight excluding hydrogens is 423 g/mol. The van der Waals surface area contributed by atoms with Crippen LogP contribution in [0.4, 0.5) is 0 Å². The quantitative estimate of drug-likeness (QED) is 0.304. The fourth-order valence-electron chi connectivity index (χ4n) is 1.78. The number of esters is 3. The summed E-state index contributed by atoms with van der Waals surface area (Å²) in [5.74, 6) is -3.22. The van der Waals surface area contributed by atoms with Gasteiger partial charge in [-0.3, -0.25) is 0 Å². The van der Waals surface area contributed by atoms with Crippen LogP contribution in [0.25, 0.3) is 0 Å². The molecule has 0 bridgehead atoms. The van der Waals surface area contributed by atoms with Gasteiger partial charge in [-0.2, -0.15) is 0 Å². The maximum atomic E-state index is 12.0. The van der Waals surface area contributed by atoms with E-state index in [2.05, 4.69) is 0 Å². The number of ether oxygens (including phenoxy) is 3. The second kappa shape index (κ2) is 6.52. The van der Waals surface area contributed by atoms with Gasteiger partial charge in [0.25, 0.3) is 0 Å². The molecule has 8 nitrogen and oxygen atoms in total. The average molecular weight is 436 g/mol. The third-order valence-corrected chi connectivity index (χ3v) is 7.13. The van der Waals surface area contributed by atoms with E-state index in [-0.39, 0.29) is 5.56 Å². The van der Waals surface area contributed by atoms with Gasteiger partial charge in [0.15, 0.2) is 0 Å². The van der Waals surface area contributed by atoms with Gasteiger partial charge in [-0.15, -0.1) is 0 Å². The molecule has 1 heterocycles. The molecule has 0 radical (unpaired) electrons. The Morgan fingerprint density at radius 1 is 0.957 bits per heavy atom. The van der Waals surface area contributed by atoms with Crippen LogP contribution in [0.5, 0.6) is 0 Å². The van der Waals surface area contributed by atoms with Gasteiger partial charge in [-0.05, 0) is 0 Å². The minimum atomic E-state index is -3.35. The number of benzene rings is 1. The third-order valence-electron chi connectivity index (χ3n) is 2.43. The molecule has 1 aromatic carbocycles. The summed E-state index contributed by atoms with van der Waals surface area (Å²) in [6, 6.07) is 6.38. The Morgan fingerprint density at radius 2 is 1.43 bits per heavy atom. The van der Waals surface area contributed by atoms with E-state index in [9.17, 15) is 19.2 Å². The van der Waals surface area contributed by atoms with Crippen LogP contribution in [0.15, 0.2) is 24.3 Å². The molecule has 0 fully saturated rings. The van der Waals surface area contributed by atoms with E-state index < -0.39 is 48.1 Å². The summed E-state index contributed by atoms with van der Waals surface area (Å²) in [5, 5.41) is 0. The van der Waals surface area contributed by atoms with Crippen molar-refractivity contribution >= 4 is 44.1 Å². The molecule has 1 aromatic rings. The number of carbonyl (C=O) groups excluding carboxylic acids is 4. The Morgan fingerprint density at radius 3 is 1.91 bits per heavy atom. The number of alkyl halides is 1. The molecule has 9 heteroatoms. The Balaban J connectivity index is 2.56. The van der Waals surface area contributed by atoms with Crippen molar-refractivity contribution in [3.63, 3.8) is 0 Å². The van der Waals surface area contributed by atoms with E-state index >= 15 is 0 Å². The minimum absolute atomic E-state index is 0.258. The van der Waals surface area contributed by atoms with Crippen LogP contribution in [0.1, 0.15) is 31.1 Å². The molecule has 0 saturated carbocycles. The molecular formula is C14H13IO8. The van der Waals surface area contributed by atoms with E-state index in [4.69, 9.17) is 17.3 Å². The summed E-state index contributed by atoms with van der Waals surface area (Å²) >= 11 is -3.35. The van der Waals surface area contributed by atoms with Gasteiger partial charge in [-0.25, -0.2) is 0 Å². The van der Waals surface area contributed by atoms with Crippen LogP contribution in [0.3, 0.4) is 0 Å². The van der Waals surface area contributed by atoms with Gasteiger partial charge >= 0.3 is 139 Å². The summed E-state index contributed by atoms with van der Waals surface area (Å²) in [6.45, 7) is 3.17. The van der Waals surface area contributed by atoms with Gasteiger partial charge in [0.2, 0.25) is 0 Å². The Hall–Kier alpha value is -2.17. The molecule has 2 rings (SSSR count). The van der Waals surface area contributed by atoms with Gasteiger partial charge in [0.05, 0.1) is 0 Å². The normalized spacial score (nSPS) is 14.6. The molecule has 0 aliphatic carbocycles. The molecule has 1 aliphatic heterocycles. The van der Waals surface area contributed by atoms with E-state index in [1.54, 1.807) is 18.2 Å². The molecule has 0 saturated heterocycles. The van der Waals surface area contributed by atoms with Gasteiger partial charge < -0.3 is 0 Å². The second-order valence-electron chi connectivity index (χ2n) is 4.36. The molecule has 23 heavy (non-hydrogen) atoms. The number of fused-ring (bicyclic) bond motifs is 1. The molecule has 0 atom stereocenters. The molecule has 0 N–H and O–H groups in total. The summed E-state index contributed by atoms with van der Waals surface area (Å²) < 4.78 is 18.4. The SMILES string of the molecule is CC(=O)OC(OC(C)=O)(OC(C)=O)I1OC(=O)c2ccccc21. The van der Waals surface area contributed by atoms with Crippen molar-refractivity contribution in [2.24, 2.45) is 0 Å². The fraction of sp³-hybridized carbons (Fsp3) is 0.286. The second-order valence-corrected chi connectivity index (χ2v) is 8.70. The Labute approximate surface area is 139 Å². The molecule has 0 unspecified atom stereocenters. The van der Waals surface area contributed by atoms with Crippen molar-refractivity contribution in [1.82, 2.24) is 0 Å². The van der Waals surface area contributed by atoms with Crippen molar-refractivity contribution < 1.29 is 36.5 Å². The molecule has 1 aliphatic rings. The zero-order valence-corrected chi connectivity index (χ0v) is 14.6. The molecule has 124 valence electrons. The van der Waals surface area contributed by atoms with Crippen LogP contribution in [-0.2, 0) is 31.7 Å². The summed E-state index contributed by atoms with van der Waals surface area (Å²) in [6.07, 6.45) is 0. The number of halogens is 1. The van der Waals surface area contributed by atoms with Crippen molar-refractivity contribution in [3.8, 4) is 0 Å². The van der Waals surface area contributed by atoms with Crippen molar-refractivity contribution in [2.75, 3.05) is 0 Å². The van der Waals surface area contributed by atoms with Crippen LogP contribution in [-0.4, -0.2) is 27.9 Å². The van der Waals surface area contributed by atoms with E-state index in [0.717, 1.165) is 20.8 Å². The first-order valence-electron chi connectivity index (χ1n) is 6.35. The van der Waals surface area contributed by atoms with E-state index in [0.29, 0.717) is 3.57 Å². The summed E-state index contributed by atoms with van der Waals surface area (Å²) in [7, 11) is 0. The van der Waals surface area contributed by atoms with Crippen molar-refractivity contribution in [2.45, 2.75) is 24.8 Å². The van der Waals surface area contributed by atoms with Crippen LogP contribution in [0, 0.1) is 3.57 Å². The molecule has 0 amide bonds. The Bertz CT molecular complexity index is 642. The van der Waals surface area contributed by atoms with Crippen LogP contribution >= 0.6 is 20.2 Å². The predicted molar refractivity (Wildman–Crippen MR) is 82.6 cm³/mol. The van der Waals surface area contributed by atoms with Crippen LogP contribution in [0.2, 0.25) is 0 Å². The van der Waals surface area contributed by atoms with Gasteiger partial charge in [-0.1, -0.05) is 0 Å². The van der Waals surface area contributed by atoms with Crippen molar-refractivity contribution in [3.05, 3.63) is 33.4 Å². The van der Waals surface area contributed by atoms with Crippen molar-refractivity contribution in [1.29, 1.82) is 0 Å².